The van der Waals surface area contributed by atoms with E-state index in [4.69, 9.17) is 0 Å². The number of hydrogen-bond acceptors (Lipinski definition) is 2. The highest BCUT2D eigenvalue weighted by Crippen LogP contribution is 2.22. The highest BCUT2D eigenvalue weighted by atomic mass is 16.1. The van der Waals surface area contributed by atoms with Crippen molar-refractivity contribution < 1.29 is 4.79 Å². The Labute approximate surface area is 83.3 Å². The van der Waals surface area contributed by atoms with Gasteiger partial charge in [0.05, 0.1) is 6.42 Å². The second kappa shape index (κ2) is 3.97. The lowest BCUT2D eigenvalue weighted by molar-refractivity contribution is -0.107. The summed E-state index contributed by atoms with van der Waals surface area (Å²) in [6, 6.07) is 6.12. The maximum absolute atomic E-state index is 10.1. The van der Waals surface area contributed by atoms with Crippen LogP contribution in [-0.2, 0) is 11.2 Å². The largest absolute Gasteiger partial charge is 0.384 e. The third-order valence-corrected chi connectivity index (χ3v) is 2.23. The van der Waals surface area contributed by atoms with Gasteiger partial charge >= 0.3 is 0 Å². The number of aldehydes is 1. The first kappa shape index (κ1) is 8.83. The lowest BCUT2D eigenvalue weighted by Gasteiger charge is -1.98. The molecule has 1 aromatic rings. The molecular weight excluding hydrogens is 174 g/mol. The number of anilines is 1. The Balaban J connectivity index is 2.21. The first-order valence-electron chi connectivity index (χ1n) is 4.69. The van der Waals surface area contributed by atoms with Gasteiger partial charge in [-0.2, -0.15) is 0 Å². The fourth-order valence-electron chi connectivity index (χ4n) is 1.58. The van der Waals surface area contributed by atoms with E-state index < -0.39 is 0 Å². The van der Waals surface area contributed by atoms with Crippen molar-refractivity contribution >= 4 is 12.0 Å². The zero-order valence-electron chi connectivity index (χ0n) is 7.84. The van der Waals surface area contributed by atoms with Crippen molar-refractivity contribution in [1.29, 1.82) is 0 Å². The van der Waals surface area contributed by atoms with E-state index in [-0.39, 0.29) is 0 Å². The minimum absolute atomic E-state index is 0.315. The number of fused-ring (bicyclic) bond motifs is 1. The molecule has 2 nitrogen and oxygen atoms in total. The molecule has 0 unspecified atom stereocenters. The van der Waals surface area contributed by atoms with Crippen LogP contribution in [0.3, 0.4) is 0 Å². The summed E-state index contributed by atoms with van der Waals surface area (Å²) in [7, 11) is 0. The zero-order chi connectivity index (χ0) is 9.80. The highest BCUT2D eigenvalue weighted by molar-refractivity contribution is 5.59. The predicted octanol–water partition coefficient (Wildman–Crippen LogP) is 1.60. The van der Waals surface area contributed by atoms with Crippen molar-refractivity contribution in [3.63, 3.8) is 0 Å². The van der Waals surface area contributed by atoms with E-state index in [1.807, 2.05) is 12.1 Å². The van der Waals surface area contributed by atoms with Gasteiger partial charge in [-0.25, -0.2) is 0 Å². The second-order valence-corrected chi connectivity index (χ2v) is 3.22. The third-order valence-electron chi connectivity index (χ3n) is 2.23. The van der Waals surface area contributed by atoms with Crippen molar-refractivity contribution in [3.05, 3.63) is 29.3 Å². The van der Waals surface area contributed by atoms with E-state index in [9.17, 15) is 4.79 Å². The summed E-state index contributed by atoms with van der Waals surface area (Å²) >= 11 is 0. The van der Waals surface area contributed by atoms with Crippen molar-refractivity contribution in [2.24, 2.45) is 0 Å². The summed E-state index contributed by atoms with van der Waals surface area (Å²) in [5, 5.41) is 3.29. The Kier molecular flexibility index (Phi) is 2.51. The molecule has 0 saturated carbocycles. The third kappa shape index (κ3) is 1.77. The molecule has 0 bridgehead atoms. The van der Waals surface area contributed by atoms with E-state index in [0.717, 1.165) is 24.8 Å². The van der Waals surface area contributed by atoms with Crippen LogP contribution in [0.15, 0.2) is 18.2 Å². The van der Waals surface area contributed by atoms with E-state index in [2.05, 4.69) is 23.2 Å². The van der Waals surface area contributed by atoms with E-state index in [0.29, 0.717) is 6.42 Å². The minimum atomic E-state index is 0.315. The molecular formula is C12H11NO. The van der Waals surface area contributed by atoms with Gasteiger partial charge in [-0.05, 0) is 30.2 Å². The molecule has 0 aliphatic carbocycles. The van der Waals surface area contributed by atoms with Gasteiger partial charge in [-0.1, -0.05) is 11.8 Å². The first-order chi connectivity index (χ1) is 6.90. The fraction of sp³-hybridized carbons (Fsp3) is 0.250. The molecule has 0 saturated heterocycles. The molecule has 2 rings (SSSR count). The maximum Gasteiger partial charge on any atom is 0.131 e. The molecule has 0 aromatic heterocycles. The van der Waals surface area contributed by atoms with Crippen LogP contribution in [0.1, 0.15) is 17.5 Å². The van der Waals surface area contributed by atoms with Gasteiger partial charge in [-0.15, -0.1) is 0 Å². The number of rotatable bonds is 1. The summed E-state index contributed by atoms with van der Waals surface area (Å²) in [4.78, 5) is 10.1. The molecule has 0 amide bonds. The van der Waals surface area contributed by atoms with Crippen molar-refractivity contribution in [2.45, 2.75) is 12.8 Å². The minimum Gasteiger partial charge on any atom is -0.384 e. The Bertz CT molecular complexity index is 412. The molecule has 0 spiro atoms. The molecule has 0 atom stereocenters. The number of nitrogens with one attached hydrogen (secondary N) is 1. The number of hydrogen-bond donors (Lipinski definition) is 1. The molecule has 1 N–H and O–H groups in total. The van der Waals surface area contributed by atoms with Crippen LogP contribution >= 0.6 is 0 Å². The molecule has 1 heterocycles. The summed E-state index contributed by atoms with van der Waals surface area (Å²) in [6.07, 6.45) is 2.20. The van der Waals surface area contributed by atoms with Gasteiger partial charge < -0.3 is 10.1 Å². The van der Waals surface area contributed by atoms with Crippen LogP contribution in [-0.4, -0.2) is 12.8 Å². The molecule has 0 radical (unpaired) electrons. The summed E-state index contributed by atoms with van der Waals surface area (Å²) in [5.74, 6) is 5.77. The smallest absolute Gasteiger partial charge is 0.131 e. The monoisotopic (exact) mass is 185 g/mol. The number of carbonyl (C=O) groups excluding carboxylic acids is 1. The van der Waals surface area contributed by atoms with E-state index in [1.165, 1.54) is 11.3 Å². The SMILES string of the molecule is O=CCC#Cc1ccc2c(c1)CCN2. The molecule has 1 aliphatic heterocycles. The van der Waals surface area contributed by atoms with Crippen LogP contribution in [0, 0.1) is 11.8 Å². The Morgan fingerprint density at radius 3 is 3.29 bits per heavy atom. The average Bonchev–Trinajstić information content (AvgIpc) is 2.65. The molecule has 14 heavy (non-hydrogen) atoms. The molecule has 0 fully saturated rings. The quantitative estimate of drug-likeness (QED) is 0.532. The van der Waals surface area contributed by atoms with Crippen LogP contribution in [0.2, 0.25) is 0 Å². The van der Waals surface area contributed by atoms with Crippen molar-refractivity contribution in [1.82, 2.24) is 0 Å². The molecule has 2 heteroatoms. The normalized spacial score (nSPS) is 12.3. The lowest BCUT2D eigenvalue weighted by Crippen LogP contribution is -1.90. The first-order valence-corrected chi connectivity index (χ1v) is 4.69. The van der Waals surface area contributed by atoms with Gasteiger partial charge in [0.15, 0.2) is 0 Å². The Morgan fingerprint density at radius 2 is 2.43 bits per heavy atom. The second-order valence-electron chi connectivity index (χ2n) is 3.22. The molecule has 1 aliphatic rings. The van der Waals surface area contributed by atoms with Gasteiger partial charge in [0, 0.05) is 17.8 Å². The van der Waals surface area contributed by atoms with Crippen LogP contribution < -0.4 is 5.32 Å². The summed E-state index contributed by atoms with van der Waals surface area (Å²) in [5.41, 5.74) is 3.53. The van der Waals surface area contributed by atoms with Gasteiger partial charge in [0.25, 0.3) is 0 Å². The number of benzene rings is 1. The number of carbonyl (C=O) groups is 1. The maximum atomic E-state index is 10.1. The summed E-state index contributed by atoms with van der Waals surface area (Å²) < 4.78 is 0. The van der Waals surface area contributed by atoms with Crippen molar-refractivity contribution in [2.75, 3.05) is 11.9 Å². The fourth-order valence-corrected chi connectivity index (χ4v) is 1.58. The highest BCUT2D eigenvalue weighted by Gasteiger charge is 2.08. The van der Waals surface area contributed by atoms with Crippen LogP contribution in [0.4, 0.5) is 5.69 Å². The summed E-state index contributed by atoms with van der Waals surface area (Å²) in [6.45, 7) is 1.01. The van der Waals surface area contributed by atoms with Crippen LogP contribution in [0.5, 0.6) is 0 Å². The average molecular weight is 185 g/mol. The van der Waals surface area contributed by atoms with E-state index >= 15 is 0 Å². The van der Waals surface area contributed by atoms with Gasteiger partial charge in [0.1, 0.15) is 6.29 Å². The molecule has 70 valence electrons. The predicted molar refractivity (Wildman–Crippen MR) is 56.2 cm³/mol. The topological polar surface area (TPSA) is 29.1 Å². The standard InChI is InChI=1S/C12H11NO/c14-8-2-1-3-10-4-5-12-11(9-10)6-7-13-12/h4-5,8-9,13H,2,6-7H2. The van der Waals surface area contributed by atoms with Gasteiger partial charge in [-0.3, -0.25) is 0 Å². The van der Waals surface area contributed by atoms with Crippen LogP contribution in [0.25, 0.3) is 0 Å². The van der Waals surface area contributed by atoms with E-state index in [1.54, 1.807) is 0 Å². The van der Waals surface area contributed by atoms with Crippen molar-refractivity contribution in [3.8, 4) is 11.8 Å². The molecule has 1 aromatic carbocycles. The lowest BCUT2D eigenvalue weighted by atomic mass is 10.1. The Morgan fingerprint density at radius 1 is 1.50 bits per heavy atom. The van der Waals surface area contributed by atoms with Gasteiger partial charge in [0.2, 0.25) is 0 Å². The Hall–Kier alpha value is -1.75. The zero-order valence-corrected chi connectivity index (χ0v) is 7.84.